The molecule has 1 aromatic carbocycles. The lowest BCUT2D eigenvalue weighted by Crippen LogP contribution is -2.50. The molecule has 17 heavy (non-hydrogen) atoms. The number of aliphatic hydroxyl groups is 1. The van der Waals surface area contributed by atoms with Crippen LogP contribution in [0.25, 0.3) is 0 Å². The fourth-order valence-corrected chi connectivity index (χ4v) is 2.05. The SMILES string of the molecule is O=C(c1cccc(Cl)c1)N1CCOC[C@@H]1CO. The monoisotopic (exact) mass is 255 g/mol. The molecule has 1 atom stereocenters. The maximum absolute atomic E-state index is 12.2. The topological polar surface area (TPSA) is 49.8 Å². The average molecular weight is 256 g/mol. The van der Waals surface area contributed by atoms with Crippen molar-refractivity contribution in [2.45, 2.75) is 6.04 Å². The molecule has 0 bridgehead atoms. The van der Waals surface area contributed by atoms with Gasteiger partial charge < -0.3 is 14.7 Å². The summed E-state index contributed by atoms with van der Waals surface area (Å²) in [4.78, 5) is 13.9. The standard InChI is InChI=1S/C12H14ClNO3/c13-10-3-1-2-9(6-10)12(16)14-4-5-17-8-11(14)7-15/h1-3,6,11,15H,4-5,7-8H2/t11-/m0/s1. The summed E-state index contributed by atoms with van der Waals surface area (Å²) in [7, 11) is 0. The minimum Gasteiger partial charge on any atom is -0.394 e. The van der Waals surface area contributed by atoms with Gasteiger partial charge in [-0.1, -0.05) is 17.7 Å². The first-order valence-corrected chi connectivity index (χ1v) is 5.85. The van der Waals surface area contributed by atoms with Crippen LogP contribution in [0.4, 0.5) is 0 Å². The summed E-state index contributed by atoms with van der Waals surface area (Å²) < 4.78 is 5.23. The van der Waals surface area contributed by atoms with Gasteiger partial charge in [-0.3, -0.25) is 4.79 Å². The Kier molecular flexibility index (Phi) is 3.99. The first-order valence-electron chi connectivity index (χ1n) is 5.47. The molecule has 1 saturated heterocycles. The molecule has 0 unspecified atom stereocenters. The van der Waals surface area contributed by atoms with Gasteiger partial charge in [-0.05, 0) is 18.2 Å². The second-order valence-corrected chi connectivity index (χ2v) is 4.36. The molecule has 0 radical (unpaired) electrons. The summed E-state index contributed by atoms with van der Waals surface area (Å²) in [6.07, 6.45) is 0. The van der Waals surface area contributed by atoms with E-state index < -0.39 is 0 Å². The molecule has 1 aromatic rings. The third kappa shape index (κ3) is 2.77. The summed E-state index contributed by atoms with van der Waals surface area (Å²) in [6.45, 7) is 1.29. The van der Waals surface area contributed by atoms with E-state index in [-0.39, 0.29) is 18.6 Å². The van der Waals surface area contributed by atoms with E-state index in [1.807, 2.05) is 0 Å². The highest BCUT2D eigenvalue weighted by molar-refractivity contribution is 6.30. The quantitative estimate of drug-likeness (QED) is 0.863. The van der Waals surface area contributed by atoms with Crippen molar-refractivity contribution in [3.8, 4) is 0 Å². The van der Waals surface area contributed by atoms with Crippen LogP contribution in [0.15, 0.2) is 24.3 Å². The maximum Gasteiger partial charge on any atom is 0.254 e. The lowest BCUT2D eigenvalue weighted by atomic mass is 10.1. The Labute approximate surface area is 105 Å². The van der Waals surface area contributed by atoms with Gasteiger partial charge in [0.2, 0.25) is 0 Å². The molecule has 0 spiro atoms. The van der Waals surface area contributed by atoms with Crippen molar-refractivity contribution in [2.75, 3.05) is 26.4 Å². The Morgan fingerprint density at radius 1 is 1.59 bits per heavy atom. The Balaban J connectivity index is 2.18. The highest BCUT2D eigenvalue weighted by atomic mass is 35.5. The zero-order valence-corrected chi connectivity index (χ0v) is 10.1. The van der Waals surface area contributed by atoms with Crippen molar-refractivity contribution in [2.24, 2.45) is 0 Å². The summed E-state index contributed by atoms with van der Waals surface area (Å²) in [5.74, 6) is -0.116. The van der Waals surface area contributed by atoms with Crippen molar-refractivity contribution in [3.05, 3.63) is 34.9 Å². The Hall–Kier alpha value is -1.10. The normalized spacial score (nSPS) is 20.4. The van der Waals surface area contributed by atoms with E-state index in [4.69, 9.17) is 16.3 Å². The predicted molar refractivity (Wildman–Crippen MR) is 64.2 cm³/mol. The average Bonchev–Trinajstić information content (AvgIpc) is 2.38. The molecular formula is C12H14ClNO3. The third-order valence-electron chi connectivity index (χ3n) is 2.77. The molecule has 92 valence electrons. The molecule has 2 rings (SSSR count). The van der Waals surface area contributed by atoms with Crippen LogP contribution in [-0.2, 0) is 4.74 Å². The van der Waals surface area contributed by atoms with Crippen molar-refractivity contribution in [1.29, 1.82) is 0 Å². The molecule has 1 aliphatic heterocycles. The molecule has 1 N–H and O–H groups in total. The fourth-order valence-electron chi connectivity index (χ4n) is 1.86. The summed E-state index contributed by atoms with van der Waals surface area (Å²) >= 11 is 5.85. The number of benzene rings is 1. The van der Waals surface area contributed by atoms with Crippen LogP contribution in [-0.4, -0.2) is 48.3 Å². The number of carbonyl (C=O) groups excluding carboxylic acids is 1. The first-order chi connectivity index (χ1) is 8.22. The first kappa shape index (κ1) is 12.4. The van der Waals surface area contributed by atoms with E-state index in [0.717, 1.165) is 0 Å². The Bertz CT molecular complexity index is 410. The van der Waals surface area contributed by atoms with Crippen molar-refractivity contribution >= 4 is 17.5 Å². The van der Waals surface area contributed by atoms with Crippen LogP contribution < -0.4 is 0 Å². The van der Waals surface area contributed by atoms with E-state index in [1.54, 1.807) is 29.2 Å². The van der Waals surface area contributed by atoms with E-state index in [2.05, 4.69) is 0 Å². The number of morpholine rings is 1. The number of carbonyl (C=O) groups is 1. The number of nitrogens with zero attached hydrogens (tertiary/aromatic N) is 1. The predicted octanol–water partition coefficient (Wildman–Crippen LogP) is 1.17. The van der Waals surface area contributed by atoms with Crippen LogP contribution in [0.3, 0.4) is 0 Å². The van der Waals surface area contributed by atoms with Gasteiger partial charge in [0.05, 0.1) is 25.9 Å². The fraction of sp³-hybridized carbons (Fsp3) is 0.417. The van der Waals surface area contributed by atoms with Gasteiger partial charge in [0.1, 0.15) is 0 Å². The third-order valence-corrected chi connectivity index (χ3v) is 3.01. The summed E-state index contributed by atoms with van der Waals surface area (Å²) in [6, 6.07) is 6.55. The number of hydrogen-bond donors (Lipinski definition) is 1. The lowest BCUT2D eigenvalue weighted by molar-refractivity contribution is -0.0183. The molecular weight excluding hydrogens is 242 g/mol. The molecule has 5 heteroatoms. The Morgan fingerprint density at radius 3 is 3.12 bits per heavy atom. The van der Waals surface area contributed by atoms with Gasteiger partial charge in [-0.2, -0.15) is 0 Å². The highest BCUT2D eigenvalue weighted by Gasteiger charge is 2.27. The Morgan fingerprint density at radius 2 is 2.41 bits per heavy atom. The highest BCUT2D eigenvalue weighted by Crippen LogP contribution is 2.16. The van der Waals surface area contributed by atoms with Gasteiger partial charge in [-0.15, -0.1) is 0 Å². The molecule has 1 heterocycles. The van der Waals surface area contributed by atoms with Crippen LogP contribution >= 0.6 is 11.6 Å². The van der Waals surface area contributed by atoms with Gasteiger partial charge in [0, 0.05) is 17.1 Å². The number of ether oxygens (including phenoxy) is 1. The van der Waals surface area contributed by atoms with E-state index in [0.29, 0.717) is 30.3 Å². The molecule has 1 fully saturated rings. The number of hydrogen-bond acceptors (Lipinski definition) is 3. The number of amides is 1. The van der Waals surface area contributed by atoms with Gasteiger partial charge in [0.15, 0.2) is 0 Å². The molecule has 0 aromatic heterocycles. The van der Waals surface area contributed by atoms with Crippen LogP contribution in [0.2, 0.25) is 5.02 Å². The van der Waals surface area contributed by atoms with Crippen molar-refractivity contribution < 1.29 is 14.6 Å². The second kappa shape index (κ2) is 5.49. The van der Waals surface area contributed by atoms with Crippen LogP contribution in [0, 0.1) is 0 Å². The number of rotatable bonds is 2. The molecule has 1 amide bonds. The van der Waals surface area contributed by atoms with Crippen LogP contribution in [0.5, 0.6) is 0 Å². The molecule has 0 saturated carbocycles. The largest absolute Gasteiger partial charge is 0.394 e. The van der Waals surface area contributed by atoms with Crippen molar-refractivity contribution in [3.63, 3.8) is 0 Å². The second-order valence-electron chi connectivity index (χ2n) is 3.92. The van der Waals surface area contributed by atoms with E-state index >= 15 is 0 Å². The van der Waals surface area contributed by atoms with Crippen LogP contribution in [0.1, 0.15) is 10.4 Å². The van der Waals surface area contributed by atoms with E-state index in [1.165, 1.54) is 0 Å². The summed E-state index contributed by atoms with van der Waals surface area (Å²) in [5.41, 5.74) is 0.540. The van der Waals surface area contributed by atoms with E-state index in [9.17, 15) is 9.90 Å². The van der Waals surface area contributed by atoms with Gasteiger partial charge >= 0.3 is 0 Å². The zero-order valence-electron chi connectivity index (χ0n) is 9.30. The number of aliphatic hydroxyl groups excluding tert-OH is 1. The zero-order chi connectivity index (χ0) is 12.3. The lowest BCUT2D eigenvalue weighted by Gasteiger charge is -2.34. The van der Waals surface area contributed by atoms with Crippen molar-refractivity contribution in [1.82, 2.24) is 4.90 Å². The molecule has 1 aliphatic rings. The van der Waals surface area contributed by atoms with Gasteiger partial charge in [-0.25, -0.2) is 0 Å². The summed E-state index contributed by atoms with van der Waals surface area (Å²) in [5, 5.41) is 9.74. The molecule has 0 aliphatic carbocycles. The smallest absolute Gasteiger partial charge is 0.254 e. The number of halogens is 1. The molecule has 4 nitrogen and oxygen atoms in total. The maximum atomic E-state index is 12.2. The minimum atomic E-state index is -0.268. The minimum absolute atomic E-state index is 0.0910. The van der Waals surface area contributed by atoms with Gasteiger partial charge in [0.25, 0.3) is 5.91 Å².